The number of thioether (sulfide) groups is 1. The molecule has 140 valence electrons. The van der Waals surface area contributed by atoms with Gasteiger partial charge in [0.05, 0.1) is 10.2 Å². The number of ether oxygens (including phenoxy) is 2. The van der Waals surface area contributed by atoms with E-state index in [0.717, 1.165) is 22.6 Å². The van der Waals surface area contributed by atoms with E-state index in [4.69, 9.17) is 9.47 Å². The first-order chi connectivity index (χ1) is 13.1. The molecule has 1 amide bonds. The molecule has 0 spiro atoms. The third-order valence-electron chi connectivity index (χ3n) is 4.45. The van der Waals surface area contributed by atoms with Crippen LogP contribution in [-0.4, -0.2) is 29.3 Å². The quantitative estimate of drug-likeness (QED) is 0.660. The number of hydrogen-bond acceptors (Lipinski definition) is 5. The van der Waals surface area contributed by atoms with Crippen LogP contribution in [0.3, 0.4) is 0 Å². The van der Waals surface area contributed by atoms with Gasteiger partial charge in [0.25, 0.3) is 5.91 Å². The van der Waals surface area contributed by atoms with Crippen molar-refractivity contribution in [3.8, 4) is 11.5 Å². The van der Waals surface area contributed by atoms with E-state index in [9.17, 15) is 4.79 Å². The van der Waals surface area contributed by atoms with E-state index in [-0.39, 0.29) is 12.7 Å². The maximum absolute atomic E-state index is 12.8. The van der Waals surface area contributed by atoms with Gasteiger partial charge >= 0.3 is 0 Å². The zero-order chi connectivity index (χ0) is 19.0. The standard InChI is InChI=1S/C20H20N2O3S2/c1-12-8-13(2)18-15(9-12)22(6-7-26-3)20(27-18)21-19(23)14-4-5-16-17(10-14)25-11-24-16/h4-5,8-10H,6-7,11H2,1-3H3. The fourth-order valence-corrected chi connectivity index (χ4v) is 4.65. The van der Waals surface area contributed by atoms with Crippen molar-refractivity contribution in [3.63, 3.8) is 0 Å². The number of aryl methyl sites for hydroxylation is 3. The van der Waals surface area contributed by atoms with Crippen molar-refractivity contribution < 1.29 is 14.3 Å². The normalized spacial score (nSPS) is 13.5. The average molecular weight is 401 g/mol. The van der Waals surface area contributed by atoms with Crippen LogP contribution in [0.5, 0.6) is 11.5 Å². The lowest BCUT2D eigenvalue weighted by Crippen LogP contribution is -2.18. The minimum absolute atomic E-state index is 0.188. The molecular formula is C20H20N2O3S2. The van der Waals surface area contributed by atoms with Crippen molar-refractivity contribution in [3.05, 3.63) is 51.8 Å². The number of amides is 1. The first-order valence-electron chi connectivity index (χ1n) is 8.65. The number of carbonyl (C=O) groups excluding carboxylic acids is 1. The fourth-order valence-electron chi connectivity index (χ4n) is 3.18. The second-order valence-electron chi connectivity index (χ2n) is 6.44. The van der Waals surface area contributed by atoms with E-state index in [1.54, 1.807) is 41.3 Å². The van der Waals surface area contributed by atoms with Gasteiger partial charge in [-0.25, -0.2) is 0 Å². The summed E-state index contributed by atoms with van der Waals surface area (Å²) in [6, 6.07) is 9.52. The number of nitrogens with zero attached hydrogens (tertiary/aromatic N) is 2. The van der Waals surface area contributed by atoms with Crippen molar-refractivity contribution in [2.75, 3.05) is 18.8 Å². The van der Waals surface area contributed by atoms with Crippen molar-refractivity contribution >= 4 is 39.2 Å². The highest BCUT2D eigenvalue weighted by molar-refractivity contribution is 7.98. The predicted octanol–water partition coefficient (Wildman–Crippen LogP) is 4.15. The Kier molecular flexibility index (Phi) is 4.97. The molecule has 27 heavy (non-hydrogen) atoms. The molecule has 1 aromatic heterocycles. The lowest BCUT2D eigenvalue weighted by atomic mass is 10.1. The highest BCUT2D eigenvalue weighted by atomic mass is 32.2. The topological polar surface area (TPSA) is 52.8 Å². The fraction of sp³-hybridized carbons (Fsp3) is 0.300. The van der Waals surface area contributed by atoms with Gasteiger partial charge < -0.3 is 14.0 Å². The molecule has 1 aliphatic rings. The summed E-state index contributed by atoms with van der Waals surface area (Å²) < 4.78 is 14.0. The van der Waals surface area contributed by atoms with Gasteiger partial charge in [0.2, 0.25) is 6.79 Å². The molecule has 1 aliphatic heterocycles. The van der Waals surface area contributed by atoms with E-state index in [0.29, 0.717) is 17.1 Å². The molecule has 0 saturated carbocycles. The molecular weight excluding hydrogens is 380 g/mol. The second kappa shape index (κ2) is 7.40. The molecule has 0 N–H and O–H groups in total. The van der Waals surface area contributed by atoms with Gasteiger partial charge in [-0.15, -0.1) is 0 Å². The third-order valence-corrected chi connectivity index (χ3v) is 6.27. The smallest absolute Gasteiger partial charge is 0.279 e. The first-order valence-corrected chi connectivity index (χ1v) is 10.9. The van der Waals surface area contributed by atoms with Crippen LogP contribution in [0, 0.1) is 13.8 Å². The number of hydrogen-bond donors (Lipinski definition) is 0. The Bertz CT molecular complexity index is 1100. The summed E-state index contributed by atoms with van der Waals surface area (Å²) in [6.07, 6.45) is 2.08. The van der Waals surface area contributed by atoms with Crippen LogP contribution in [0.2, 0.25) is 0 Å². The largest absolute Gasteiger partial charge is 0.454 e. The summed E-state index contributed by atoms with van der Waals surface area (Å²) in [5.74, 6) is 1.94. The summed E-state index contributed by atoms with van der Waals surface area (Å²) in [7, 11) is 0. The average Bonchev–Trinajstić information content (AvgIpc) is 3.24. The van der Waals surface area contributed by atoms with Gasteiger partial charge in [0.15, 0.2) is 16.3 Å². The van der Waals surface area contributed by atoms with E-state index >= 15 is 0 Å². The van der Waals surface area contributed by atoms with E-state index in [1.165, 1.54) is 15.8 Å². The predicted molar refractivity (Wildman–Crippen MR) is 110 cm³/mol. The summed E-state index contributed by atoms with van der Waals surface area (Å²) in [4.78, 5) is 18.0. The second-order valence-corrected chi connectivity index (χ2v) is 8.41. The van der Waals surface area contributed by atoms with Crippen LogP contribution in [0.4, 0.5) is 0 Å². The van der Waals surface area contributed by atoms with Gasteiger partial charge in [0.1, 0.15) is 0 Å². The monoisotopic (exact) mass is 400 g/mol. The van der Waals surface area contributed by atoms with Gasteiger partial charge in [-0.2, -0.15) is 16.8 Å². The maximum atomic E-state index is 12.8. The molecule has 0 bridgehead atoms. The molecule has 0 radical (unpaired) electrons. The van der Waals surface area contributed by atoms with Crippen molar-refractivity contribution in [2.45, 2.75) is 20.4 Å². The molecule has 0 unspecified atom stereocenters. The number of rotatable bonds is 4. The summed E-state index contributed by atoms with van der Waals surface area (Å²) in [5, 5.41) is 0. The van der Waals surface area contributed by atoms with Gasteiger partial charge in [-0.05, 0) is 55.5 Å². The van der Waals surface area contributed by atoms with Crippen LogP contribution in [0.15, 0.2) is 35.3 Å². The Morgan fingerprint density at radius 1 is 1.22 bits per heavy atom. The van der Waals surface area contributed by atoms with Crippen LogP contribution in [0.25, 0.3) is 10.2 Å². The summed E-state index contributed by atoms with van der Waals surface area (Å²) in [5.41, 5.74) is 4.07. The molecule has 2 aromatic carbocycles. The number of benzene rings is 2. The molecule has 0 saturated heterocycles. The molecule has 7 heteroatoms. The number of aromatic nitrogens is 1. The molecule has 3 aromatic rings. The van der Waals surface area contributed by atoms with Crippen LogP contribution in [0.1, 0.15) is 21.5 Å². The summed E-state index contributed by atoms with van der Waals surface area (Å²) in [6.45, 7) is 5.21. The van der Waals surface area contributed by atoms with E-state index in [2.05, 4.69) is 41.8 Å². The van der Waals surface area contributed by atoms with Crippen molar-refractivity contribution in [1.29, 1.82) is 0 Å². The Morgan fingerprint density at radius 2 is 2.04 bits per heavy atom. The SMILES string of the molecule is CSCCn1c(=NC(=O)c2ccc3c(c2)OCO3)sc2c(C)cc(C)cc21. The molecule has 0 atom stereocenters. The molecule has 0 aliphatic carbocycles. The van der Waals surface area contributed by atoms with Crippen molar-refractivity contribution in [2.24, 2.45) is 4.99 Å². The first kappa shape index (κ1) is 18.1. The Balaban J connectivity index is 1.81. The Morgan fingerprint density at radius 3 is 2.85 bits per heavy atom. The lowest BCUT2D eigenvalue weighted by Gasteiger charge is -2.05. The van der Waals surface area contributed by atoms with Crippen LogP contribution >= 0.6 is 23.1 Å². The molecule has 5 nitrogen and oxygen atoms in total. The highest BCUT2D eigenvalue weighted by Gasteiger charge is 2.17. The Hall–Kier alpha value is -2.25. The van der Waals surface area contributed by atoms with Gasteiger partial charge in [0, 0.05) is 17.9 Å². The molecule has 4 rings (SSSR count). The van der Waals surface area contributed by atoms with Crippen molar-refractivity contribution in [1.82, 2.24) is 4.57 Å². The Labute approximate surface area is 165 Å². The minimum Gasteiger partial charge on any atom is -0.454 e. The third kappa shape index (κ3) is 3.49. The minimum atomic E-state index is -0.271. The van der Waals surface area contributed by atoms with Gasteiger partial charge in [-0.3, -0.25) is 4.79 Å². The molecule has 2 heterocycles. The van der Waals surface area contributed by atoms with E-state index in [1.807, 2.05) is 0 Å². The van der Waals surface area contributed by atoms with Crippen LogP contribution < -0.4 is 14.3 Å². The summed E-state index contributed by atoms with van der Waals surface area (Å²) >= 11 is 3.35. The van der Waals surface area contributed by atoms with Crippen LogP contribution in [-0.2, 0) is 6.54 Å². The number of thiazole rings is 1. The number of fused-ring (bicyclic) bond motifs is 2. The number of carbonyl (C=O) groups is 1. The van der Waals surface area contributed by atoms with E-state index < -0.39 is 0 Å². The van der Waals surface area contributed by atoms with Gasteiger partial charge in [-0.1, -0.05) is 17.4 Å². The lowest BCUT2D eigenvalue weighted by molar-refractivity contribution is 0.0997. The maximum Gasteiger partial charge on any atom is 0.279 e. The highest BCUT2D eigenvalue weighted by Crippen LogP contribution is 2.32. The molecule has 0 fully saturated rings. The zero-order valence-corrected chi connectivity index (χ0v) is 17.1. The zero-order valence-electron chi connectivity index (χ0n) is 15.4.